The molecule has 2 atom stereocenters. The van der Waals surface area contributed by atoms with Gasteiger partial charge in [-0.3, -0.25) is 4.79 Å². The zero-order chi connectivity index (χ0) is 14.1. The van der Waals surface area contributed by atoms with Crippen molar-refractivity contribution in [2.45, 2.75) is 55.9 Å². The van der Waals surface area contributed by atoms with Crippen LogP contribution >= 0.6 is 11.8 Å². The van der Waals surface area contributed by atoms with Crippen molar-refractivity contribution in [2.75, 3.05) is 12.0 Å². The number of carbonyl (C=O) groups excluding carboxylic acids is 1. The van der Waals surface area contributed by atoms with E-state index in [1.807, 2.05) is 24.0 Å². The topological polar surface area (TPSA) is 60.1 Å². The molecule has 2 aliphatic carbocycles. The SMILES string of the molecule is CSC1CCCC(NC(=O)c2cc(N)cn2C2CC2)C1. The molecule has 110 valence electrons. The third kappa shape index (κ3) is 2.97. The molecule has 5 heteroatoms. The summed E-state index contributed by atoms with van der Waals surface area (Å²) in [7, 11) is 0. The van der Waals surface area contributed by atoms with E-state index in [0.717, 1.165) is 31.4 Å². The van der Waals surface area contributed by atoms with Crippen LogP contribution < -0.4 is 11.1 Å². The summed E-state index contributed by atoms with van der Waals surface area (Å²) in [5, 5.41) is 3.90. The minimum atomic E-state index is 0.0420. The highest BCUT2D eigenvalue weighted by Crippen LogP contribution is 2.37. The number of nitrogen functional groups attached to an aromatic ring is 1. The maximum absolute atomic E-state index is 12.5. The van der Waals surface area contributed by atoms with Gasteiger partial charge in [-0.15, -0.1) is 0 Å². The van der Waals surface area contributed by atoms with Gasteiger partial charge in [-0.2, -0.15) is 11.8 Å². The summed E-state index contributed by atoms with van der Waals surface area (Å²) in [6.07, 6.45) is 11.1. The lowest BCUT2D eigenvalue weighted by molar-refractivity contribution is 0.0919. The molecular weight excluding hydrogens is 270 g/mol. The lowest BCUT2D eigenvalue weighted by atomic mass is 9.95. The molecule has 20 heavy (non-hydrogen) atoms. The van der Waals surface area contributed by atoms with E-state index in [2.05, 4.69) is 16.1 Å². The predicted octanol–water partition coefficient (Wildman–Crippen LogP) is 2.81. The first-order chi connectivity index (χ1) is 9.67. The van der Waals surface area contributed by atoms with Gasteiger partial charge in [-0.1, -0.05) is 6.42 Å². The van der Waals surface area contributed by atoms with E-state index < -0.39 is 0 Å². The van der Waals surface area contributed by atoms with Crippen molar-refractivity contribution >= 4 is 23.4 Å². The minimum Gasteiger partial charge on any atom is -0.397 e. The lowest BCUT2D eigenvalue weighted by Gasteiger charge is -2.28. The molecule has 1 aromatic rings. The monoisotopic (exact) mass is 293 g/mol. The zero-order valence-corrected chi connectivity index (χ0v) is 12.8. The summed E-state index contributed by atoms with van der Waals surface area (Å²) in [5.74, 6) is 0.0420. The van der Waals surface area contributed by atoms with Gasteiger partial charge in [-0.25, -0.2) is 0 Å². The van der Waals surface area contributed by atoms with E-state index in [-0.39, 0.29) is 5.91 Å². The number of anilines is 1. The predicted molar refractivity (Wildman–Crippen MR) is 84.1 cm³/mol. The summed E-state index contributed by atoms with van der Waals surface area (Å²) in [4.78, 5) is 12.5. The van der Waals surface area contributed by atoms with E-state index in [1.165, 1.54) is 12.8 Å². The number of nitrogens with zero attached hydrogens (tertiary/aromatic N) is 1. The maximum Gasteiger partial charge on any atom is 0.268 e. The average molecular weight is 293 g/mol. The third-order valence-corrected chi connectivity index (χ3v) is 5.43. The van der Waals surface area contributed by atoms with Crippen LogP contribution in [0.25, 0.3) is 0 Å². The Kier molecular flexibility index (Phi) is 3.96. The van der Waals surface area contributed by atoms with Gasteiger partial charge in [0.2, 0.25) is 0 Å². The Balaban J connectivity index is 1.67. The lowest BCUT2D eigenvalue weighted by Crippen LogP contribution is -2.39. The molecule has 2 aliphatic rings. The molecule has 1 heterocycles. The Hall–Kier alpha value is -1.10. The van der Waals surface area contributed by atoms with Gasteiger partial charge >= 0.3 is 0 Å². The highest BCUT2D eigenvalue weighted by Gasteiger charge is 2.29. The summed E-state index contributed by atoms with van der Waals surface area (Å²) in [6.45, 7) is 0. The molecule has 0 bridgehead atoms. The number of aromatic nitrogens is 1. The molecule has 3 N–H and O–H groups in total. The number of hydrogen-bond acceptors (Lipinski definition) is 3. The number of carbonyl (C=O) groups is 1. The largest absolute Gasteiger partial charge is 0.397 e. The normalized spacial score (nSPS) is 26.4. The second-order valence-electron chi connectivity index (χ2n) is 5.99. The van der Waals surface area contributed by atoms with Gasteiger partial charge in [0, 0.05) is 23.5 Å². The first kappa shape index (κ1) is 13.9. The fraction of sp³-hybridized carbons (Fsp3) is 0.667. The summed E-state index contributed by atoms with van der Waals surface area (Å²) >= 11 is 1.92. The van der Waals surface area contributed by atoms with Gasteiger partial charge in [0.25, 0.3) is 5.91 Å². The second kappa shape index (κ2) is 5.72. The number of nitrogens with two attached hydrogens (primary N) is 1. The Labute approximate surface area is 124 Å². The van der Waals surface area contributed by atoms with Crippen LogP contribution in [-0.2, 0) is 0 Å². The first-order valence-corrected chi connectivity index (χ1v) is 8.77. The Morgan fingerprint density at radius 1 is 1.40 bits per heavy atom. The van der Waals surface area contributed by atoms with Gasteiger partial charge in [0.05, 0.1) is 5.69 Å². The molecule has 2 fully saturated rings. The van der Waals surface area contributed by atoms with Crippen LogP contribution in [0.5, 0.6) is 0 Å². The van der Waals surface area contributed by atoms with Gasteiger partial charge in [-0.05, 0) is 44.4 Å². The molecule has 1 aromatic heterocycles. The quantitative estimate of drug-likeness (QED) is 0.897. The summed E-state index contributed by atoms with van der Waals surface area (Å²) < 4.78 is 2.06. The Bertz CT molecular complexity index is 495. The molecule has 2 unspecified atom stereocenters. The molecule has 1 amide bonds. The van der Waals surface area contributed by atoms with Crippen molar-refractivity contribution in [3.05, 3.63) is 18.0 Å². The number of nitrogens with one attached hydrogen (secondary N) is 1. The highest BCUT2D eigenvalue weighted by molar-refractivity contribution is 7.99. The van der Waals surface area contributed by atoms with Crippen LogP contribution in [0.1, 0.15) is 55.1 Å². The number of rotatable bonds is 4. The average Bonchev–Trinajstić information content (AvgIpc) is 3.21. The van der Waals surface area contributed by atoms with Gasteiger partial charge < -0.3 is 15.6 Å². The molecule has 4 nitrogen and oxygen atoms in total. The van der Waals surface area contributed by atoms with E-state index in [4.69, 9.17) is 5.73 Å². The molecule has 0 aromatic carbocycles. The fourth-order valence-corrected chi connectivity index (χ4v) is 3.91. The third-order valence-electron chi connectivity index (χ3n) is 4.34. The van der Waals surface area contributed by atoms with Crippen LogP contribution in [0.4, 0.5) is 5.69 Å². The van der Waals surface area contributed by atoms with Crippen molar-refractivity contribution in [2.24, 2.45) is 0 Å². The van der Waals surface area contributed by atoms with Crippen LogP contribution in [0.15, 0.2) is 12.3 Å². The van der Waals surface area contributed by atoms with Crippen LogP contribution in [-0.4, -0.2) is 28.0 Å². The summed E-state index contributed by atoms with van der Waals surface area (Å²) in [5.41, 5.74) is 7.28. The fourth-order valence-electron chi connectivity index (χ4n) is 3.09. The van der Waals surface area contributed by atoms with Crippen LogP contribution in [0.3, 0.4) is 0 Å². The van der Waals surface area contributed by atoms with Crippen molar-refractivity contribution < 1.29 is 4.79 Å². The second-order valence-corrected chi connectivity index (χ2v) is 7.13. The van der Waals surface area contributed by atoms with Crippen molar-refractivity contribution in [3.8, 4) is 0 Å². The zero-order valence-electron chi connectivity index (χ0n) is 12.0. The number of thioether (sulfide) groups is 1. The smallest absolute Gasteiger partial charge is 0.268 e. The molecule has 2 saturated carbocycles. The van der Waals surface area contributed by atoms with E-state index in [9.17, 15) is 4.79 Å². The number of amides is 1. The van der Waals surface area contributed by atoms with Gasteiger partial charge in [0.1, 0.15) is 5.69 Å². The van der Waals surface area contributed by atoms with E-state index >= 15 is 0 Å². The highest BCUT2D eigenvalue weighted by atomic mass is 32.2. The Morgan fingerprint density at radius 2 is 2.20 bits per heavy atom. The molecular formula is C15H23N3OS. The van der Waals surface area contributed by atoms with Crippen LogP contribution in [0, 0.1) is 0 Å². The first-order valence-electron chi connectivity index (χ1n) is 7.48. The Morgan fingerprint density at radius 3 is 2.90 bits per heavy atom. The maximum atomic E-state index is 12.5. The van der Waals surface area contributed by atoms with E-state index in [1.54, 1.807) is 0 Å². The van der Waals surface area contributed by atoms with Crippen molar-refractivity contribution in [3.63, 3.8) is 0 Å². The molecule has 0 aliphatic heterocycles. The summed E-state index contributed by atoms with van der Waals surface area (Å²) in [6, 6.07) is 2.61. The van der Waals surface area contributed by atoms with Crippen molar-refractivity contribution in [1.82, 2.24) is 9.88 Å². The minimum absolute atomic E-state index is 0.0420. The molecule has 0 spiro atoms. The van der Waals surface area contributed by atoms with Crippen molar-refractivity contribution in [1.29, 1.82) is 0 Å². The van der Waals surface area contributed by atoms with Gasteiger partial charge in [0.15, 0.2) is 0 Å². The molecule has 0 saturated heterocycles. The molecule has 3 rings (SSSR count). The molecule has 0 radical (unpaired) electrons. The standard InChI is InChI=1S/C15H23N3OS/c1-20-13-4-2-3-11(8-13)17-15(19)14-7-10(16)9-18(14)12-5-6-12/h7,9,11-13H,2-6,8,16H2,1H3,(H,17,19). The number of hydrogen-bond donors (Lipinski definition) is 2. The van der Waals surface area contributed by atoms with E-state index in [0.29, 0.717) is 23.0 Å². The van der Waals surface area contributed by atoms with Crippen LogP contribution in [0.2, 0.25) is 0 Å².